The van der Waals surface area contributed by atoms with Crippen molar-refractivity contribution in [1.82, 2.24) is 5.32 Å². The van der Waals surface area contributed by atoms with Crippen molar-refractivity contribution in [3.63, 3.8) is 0 Å². The summed E-state index contributed by atoms with van der Waals surface area (Å²) >= 11 is 1.43. The van der Waals surface area contributed by atoms with Crippen LogP contribution in [0.3, 0.4) is 0 Å². The van der Waals surface area contributed by atoms with Crippen LogP contribution >= 0.6 is 11.8 Å². The number of hydrogen-bond donors (Lipinski definition) is 3. The number of carbonyl (C=O) groups excluding carboxylic acids is 1. The lowest BCUT2D eigenvalue weighted by Gasteiger charge is -2.12. The first kappa shape index (κ1) is 13.4. The van der Waals surface area contributed by atoms with Gasteiger partial charge in [0.2, 0.25) is 0 Å². The van der Waals surface area contributed by atoms with Gasteiger partial charge in [0, 0.05) is 11.5 Å². The number of benzene rings is 1. The van der Waals surface area contributed by atoms with Crippen molar-refractivity contribution >= 4 is 23.8 Å². The number of thioether (sulfide) groups is 1. The average Bonchev–Trinajstić information content (AvgIpc) is 2.28. The molecule has 0 aliphatic carbocycles. The molecule has 1 aromatic rings. The van der Waals surface area contributed by atoms with Crippen molar-refractivity contribution in [3.8, 4) is 0 Å². The maximum absolute atomic E-state index is 10.8. The van der Waals surface area contributed by atoms with E-state index in [-0.39, 0.29) is 5.75 Å². The topological polar surface area (TPSA) is 92.4 Å². The quantitative estimate of drug-likeness (QED) is 0.707. The lowest BCUT2D eigenvalue weighted by Crippen LogP contribution is -2.45. The fraction of sp³-hybridized carbons (Fsp3) is 0.273. The van der Waals surface area contributed by atoms with Gasteiger partial charge in [-0.1, -0.05) is 30.3 Å². The van der Waals surface area contributed by atoms with Crippen LogP contribution in [0.25, 0.3) is 0 Å². The van der Waals surface area contributed by atoms with Gasteiger partial charge < -0.3 is 16.2 Å². The molecule has 0 aliphatic heterocycles. The molecule has 4 N–H and O–H groups in total. The molecule has 0 heterocycles. The van der Waals surface area contributed by atoms with Crippen molar-refractivity contribution in [2.75, 3.05) is 5.75 Å². The minimum atomic E-state index is -1.08. The Labute approximate surface area is 103 Å². The Morgan fingerprint density at radius 1 is 1.35 bits per heavy atom. The van der Waals surface area contributed by atoms with Gasteiger partial charge in [-0.05, 0) is 5.56 Å². The number of nitrogens with one attached hydrogen (secondary N) is 1. The van der Waals surface area contributed by atoms with E-state index in [4.69, 9.17) is 10.8 Å². The molecule has 0 aliphatic rings. The number of urea groups is 1. The van der Waals surface area contributed by atoms with Crippen LogP contribution in [-0.4, -0.2) is 28.9 Å². The number of aliphatic carboxylic acids is 1. The summed E-state index contributed by atoms with van der Waals surface area (Å²) in [5.41, 5.74) is 6.00. The zero-order valence-corrected chi connectivity index (χ0v) is 9.94. The number of carboxylic acid groups (broad SMARTS) is 1. The zero-order chi connectivity index (χ0) is 12.7. The fourth-order valence-corrected chi connectivity index (χ4v) is 2.22. The first-order valence-electron chi connectivity index (χ1n) is 5.00. The summed E-state index contributed by atoms with van der Waals surface area (Å²) in [6, 6.07) is 7.93. The van der Waals surface area contributed by atoms with E-state index in [2.05, 4.69) is 5.32 Å². The van der Waals surface area contributed by atoms with Crippen molar-refractivity contribution in [1.29, 1.82) is 0 Å². The third-order valence-corrected chi connectivity index (χ3v) is 3.12. The average molecular weight is 254 g/mol. The first-order chi connectivity index (χ1) is 8.09. The van der Waals surface area contributed by atoms with Gasteiger partial charge in [0.05, 0.1) is 0 Å². The van der Waals surface area contributed by atoms with Crippen LogP contribution in [0.15, 0.2) is 30.3 Å². The van der Waals surface area contributed by atoms with Gasteiger partial charge in [0.1, 0.15) is 6.04 Å². The van der Waals surface area contributed by atoms with Crippen molar-refractivity contribution in [2.24, 2.45) is 5.73 Å². The molecule has 17 heavy (non-hydrogen) atoms. The number of carboxylic acids is 1. The Bertz CT molecular complexity index is 384. The van der Waals surface area contributed by atoms with Crippen molar-refractivity contribution in [2.45, 2.75) is 11.8 Å². The standard InChI is InChI=1S/C11H14N2O3S/c12-11(16)13-9(10(14)15)7-17-6-8-4-2-1-3-5-8/h1-5,9H,6-7H2,(H,14,15)(H3,12,13,16)/t9-/m1/s1. The number of carbonyl (C=O) groups is 2. The highest BCUT2D eigenvalue weighted by molar-refractivity contribution is 7.98. The third kappa shape index (κ3) is 5.26. The lowest BCUT2D eigenvalue weighted by atomic mass is 10.2. The summed E-state index contributed by atoms with van der Waals surface area (Å²) < 4.78 is 0. The van der Waals surface area contributed by atoms with Crippen LogP contribution < -0.4 is 11.1 Å². The van der Waals surface area contributed by atoms with Crippen LogP contribution in [0.4, 0.5) is 4.79 Å². The highest BCUT2D eigenvalue weighted by Crippen LogP contribution is 2.12. The van der Waals surface area contributed by atoms with Gasteiger partial charge in [-0.3, -0.25) is 0 Å². The van der Waals surface area contributed by atoms with Gasteiger partial charge in [-0.25, -0.2) is 9.59 Å². The van der Waals surface area contributed by atoms with Crippen LogP contribution in [0.2, 0.25) is 0 Å². The smallest absolute Gasteiger partial charge is 0.327 e. The summed E-state index contributed by atoms with van der Waals surface area (Å²) in [6.45, 7) is 0. The Morgan fingerprint density at radius 3 is 2.53 bits per heavy atom. The summed E-state index contributed by atoms with van der Waals surface area (Å²) in [6.07, 6.45) is 0. The molecule has 0 spiro atoms. The molecule has 1 atom stereocenters. The van der Waals surface area contributed by atoms with Crippen molar-refractivity contribution < 1.29 is 14.7 Å². The highest BCUT2D eigenvalue weighted by Gasteiger charge is 2.18. The predicted octanol–water partition coefficient (Wildman–Crippen LogP) is 1.04. The van der Waals surface area contributed by atoms with E-state index < -0.39 is 18.0 Å². The van der Waals surface area contributed by atoms with E-state index in [1.165, 1.54) is 11.8 Å². The van der Waals surface area contributed by atoms with Gasteiger partial charge in [-0.15, -0.1) is 0 Å². The van der Waals surface area contributed by atoms with Gasteiger partial charge in [-0.2, -0.15) is 11.8 Å². The van der Waals surface area contributed by atoms with E-state index in [0.29, 0.717) is 5.75 Å². The Morgan fingerprint density at radius 2 is 2.00 bits per heavy atom. The molecule has 0 aromatic heterocycles. The molecular formula is C11H14N2O3S. The largest absolute Gasteiger partial charge is 0.480 e. The molecule has 0 radical (unpaired) electrons. The molecule has 2 amide bonds. The minimum Gasteiger partial charge on any atom is -0.480 e. The fourth-order valence-electron chi connectivity index (χ4n) is 1.22. The summed E-state index contributed by atoms with van der Waals surface area (Å²) in [7, 11) is 0. The normalized spacial score (nSPS) is 11.8. The molecular weight excluding hydrogens is 240 g/mol. The molecule has 5 nitrogen and oxygen atoms in total. The van der Waals surface area contributed by atoms with Gasteiger partial charge in [0.15, 0.2) is 0 Å². The van der Waals surface area contributed by atoms with Crippen LogP contribution in [0.1, 0.15) is 5.56 Å². The second kappa shape index (κ2) is 6.80. The minimum absolute atomic E-state index is 0.285. The molecule has 0 unspecified atom stereocenters. The molecule has 1 rings (SSSR count). The molecule has 0 saturated heterocycles. The molecule has 0 saturated carbocycles. The molecule has 92 valence electrons. The monoisotopic (exact) mass is 254 g/mol. The number of nitrogens with two attached hydrogens (primary N) is 1. The van der Waals surface area contributed by atoms with E-state index in [9.17, 15) is 9.59 Å². The second-order valence-corrected chi connectivity index (χ2v) is 4.43. The molecule has 1 aromatic carbocycles. The first-order valence-corrected chi connectivity index (χ1v) is 6.15. The van der Waals surface area contributed by atoms with Crippen molar-refractivity contribution in [3.05, 3.63) is 35.9 Å². The highest BCUT2D eigenvalue weighted by atomic mass is 32.2. The van der Waals surface area contributed by atoms with Crippen LogP contribution in [0.5, 0.6) is 0 Å². The number of rotatable bonds is 6. The zero-order valence-electron chi connectivity index (χ0n) is 9.13. The van der Waals surface area contributed by atoms with Crippen LogP contribution in [0, 0.1) is 0 Å². The second-order valence-electron chi connectivity index (χ2n) is 3.40. The predicted molar refractivity (Wildman–Crippen MR) is 66.7 cm³/mol. The summed E-state index contributed by atoms with van der Waals surface area (Å²) in [5, 5.41) is 11.0. The Hall–Kier alpha value is -1.69. The Balaban J connectivity index is 2.37. The maximum atomic E-state index is 10.8. The SMILES string of the molecule is NC(=O)N[C@H](CSCc1ccccc1)C(=O)O. The van der Waals surface area contributed by atoms with E-state index in [1.807, 2.05) is 30.3 Å². The van der Waals surface area contributed by atoms with Crippen LogP contribution in [-0.2, 0) is 10.5 Å². The maximum Gasteiger partial charge on any atom is 0.327 e. The number of hydrogen-bond acceptors (Lipinski definition) is 3. The third-order valence-electron chi connectivity index (χ3n) is 2.01. The summed E-state index contributed by atoms with van der Waals surface area (Å²) in [5.74, 6) is -0.0949. The molecule has 0 fully saturated rings. The van der Waals surface area contributed by atoms with E-state index in [1.54, 1.807) is 0 Å². The number of amides is 2. The number of primary amides is 1. The van der Waals surface area contributed by atoms with Gasteiger partial charge >= 0.3 is 12.0 Å². The molecule has 0 bridgehead atoms. The van der Waals surface area contributed by atoms with Gasteiger partial charge in [0.25, 0.3) is 0 Å². The Kier molecular flexibility index (Phi) is 5.35. The lowest BCUT2D eigenvalue weighted by molar-refractivity contribution is -0.138. The summed E-state index contributed by atoms with van der Waals surface area (Å²) in [4.78, 5) is 21.4. The molecule has 6 heteroatoms. The van der Waals surface area contributed by atoms with E-state index in [0.717, 1.165) is 5.56 Å². The van der Waals surface area contributed by atoms with E-state index >= 15 is 0 Å².